The summed E-state index contributed by atoms with van der Waals surface area (Å²) in [6.45, 7) is 0. The summed E-state index contributed by atoms with van der Waals surface area (Å²) >= 11 is 6.23. The van der Waals surface area contributed by atoms with E-state index in [1.54, 1.807) is 26.3 Å². The predicted molar refractivity (Wildman–Crippen MR) is 144 cm³/mol. The van der Waals surface area contributed by atoms with E-state index in [-0.39, 0.29) is 23.0 Å². The summed E-state index contributed by atoms with van der Waals surface area (Å²) < 4.78 is 20.9. The van der Waals surface area contributed by atoms with Gasteiger partial charge in [-0.2, -0.15) is 5.26 Å². The molecule has 2 fully saturated rings. The first-order valence-corrected chi connectivity index (χ1v) is 13.2. The van der Waals surface area contributed by atoms with Gasteiger partial charge in [-0.15, -0.1) is 0 Å². The molecule has 5 rings (SSSR count). The van der Waals surface area contributed by atoms with E-state index in [9.17, 15) is 14.4 Å². The zero-order valence-electron chi connectivity index (χ0n) is 21.4. The minimum Gasteiger partial charge on any atom is -0.494 e. The van der Waals surface area contributed by atoms with Crippen molar-refractivity contribution in [2.75, 3.05) is 24.0 Å². The number of fused-ring (bicyclic) bond motifs is 1. The van der Waals surface area contributed by atoms with Crippen LogP contribution in [0.15, 0.2) is 35.1 Å². The van der Waals surface area contributed by atoms with Crippen LogP contribution in [-0.2, 0) is 7.05 Å². The van der Waals surface area contributed by atoms with Crippen molar-refractivity contribution in [2.45, 2.75) is 63.1 Å². The number of ether oxygens (including phenoxy) is 1. The van der Waals surface area contributed by atoms with Gasteiger partial charge in [0.1, 0.15) is 33.9 Å². The van der Waals surface area contributed by atoms with Gasteiger partial charge in [-0.25, -0.2) is 9.37 Å². The molecule has 2 aliphatic rings. The zero-order valence-corrected chi connectivity index (χ0v) is 22.1. The average molecular weight is 524 g/mol. The number of benzene rings is 1. The first-order valence-electron chi connectivity index (χ1n) is 12.8. The quantitative estimate of drug-likeness (QED) is 0.402. The molecule has 0 N–H and O–H groups in total. The molecule has 2 saturated carbocycles. The molecule has 1 aromatic carbocycles. The number of nitriles is 1. The third-order valence-electron chi connectivity index (χ3n) is 8.14. The molecule has 2 heterocycles. The van der Waals surface area contributed by atoms with E-state index in [0.29, 0.717) is 39.7 Å². The monoisotopic (exact) mass is 523 g/mol. The number of rotatable bonds is 6. The average Bonchev–Trinajstić information content (AvgIpc) is 2.87. The second-order valence-electron chi connectivity index (χ2n) is 10.1. The smallest absolute Gasteiger partial charge is 0.270 e. The highest BCUT2D eigenvalue weighted by molar-refractivity contribution is 6.29. The van der Waals surface area contributed by atoms with Gasteiger partial charge in [-0.3, -0.25) is 4.79 Å². The molecule has 2 aromatic heterocycles. The van der Waals surface area contributed by atoms with Crippen LogP contribution in [0.3, 0.4) is 0 Å². The Hall–Kier alpha value is -3.31. The van der Waals surface area contributed by atoms with Gasteiger partial charge in [0.15, 0.2) is 0 Å². The molecule has 0 saturated heterocycles. The molecule has 0 radical (unpaired) electrons. The largest absolute Gasteiger partial charge is 0.494 e. The number of hydrogen-bond acceptors (Lipinski definition) is 6. The summed E-state index contributed by atoms with van der Waals surface area (Å²) in [6.07, 6.45) is 7.09. The maximum Gasteiger partial charge on any atom is 0.270 e. The number of methoxy groups -OCH3 is 1. The number of halogens is 2. The number of aromatic nitrogens is 2. The van der Waals surface area contributed by atoms with Crippen LogP contribution in [0.4, 0.5) is 15.8 Å². The van der Waals surface area contributed by atoms with Crippen molar-refractivity contribution in [3.63, 3.8) is 0 Å². The van der Waals surface area contributed by atoms with E-state index < -0.39 is 0 Å². The minimum atomic E-state index is -0.339. The summed E-state index contributed by atoms with van der Waals surface area (Å²) in [6, 6.07) is 11.2. The van der Waals surface area contributed by atoms with Crippen LogP contribution < -0.4 is 20.1 Å². The van der Waals surface area contributed by atoms with Gasteiger partial charge in [-0.1, -0.05) is 11.6 Å². The molecule has 9 heteroatoms. The third-order valence-corrected chi connectivity index (χ3v) is 8.35. The molecule has 3 aromatic rings. The van der Waals surface area contributed by atoms with Crippen LogP contribution in [0.5, 0.6) is 5.75 Å². The van der Waals surface area contributed by atoms with Gasteiger partial charge in [0.25, 0.3) is 5.56 Å². The standard InChI is InChI=1S/C28H31ClFN5O2/c1-33(27-21(16-31)28(36)34(2)23-13-14-25(29)32-26(23)27)18-8-10-20(11-9-18)35(19-5-4-6-19)22-12-7-17(30)15-24(22)37-3/h7,12-15,18-20H,4-6,8-11H2,1-3H3. The molecule has 194 valence electrons. The highest BCUT2D eigenvalue weighted by atomic mass is 35.5. The summed E-state index contributed by atoms with van der Waals surface area (Å²) in [5.74, 6) is 0.266. The summed E-state index contributed by atoms with van der Waals surface area (Å²) in [5.41, 5.74) is 2.44. The van der Waals surface area contributed by atoms with Crippen LogP contribution in [-0.4, -0.2) is 41.8 Å². The molecular weight excluding hydrogens is 493 g/mol. The summed E-state index contributed by atoms with van der Waals surface area (Å²) in [5, 5.41) is 10.2. The van der Waals surface area contributed by atoms with Crippen molar-refractivity contribution in [3.05, 3.63) is 57.2 Å². The molecule has 0 spiro atoms. The number of aryl methyl sites for hydroxylation is 1. The molecule has 0 bridgehead atoms. The van der Waals surface area contributed by atoms with E-state index in [1.807, 2.05) is 18.0 Å². The second-order valence-corrected chi connectivity index (χ2v) is 10.5. The topological polar surface area (TPSA) is 74.4 Å². The summed E-state index contributed by atoms with van der Waals surface area (Å²) in [4.78, 5) is 22.0. The lowest BCUT2D eigenvalue weighted by molar-refractivity contribution is 0.298. The van der Waals surface area contributed by atoms with Gasteiger partial charge in [0, 0.05) is 38.3 Å². The molecule has 0 amide bonds. The Morgan fingerprint density at radius 2 is 1.78 bits per heavy atom. The van der Waals surface area contributed by atoms with E-state index in [0.717, 1.165) is 44.2 Å². The van der Waals surface area contributed by atoms with E-state index >= 15 is 0 Å². The van der Waals surface area contributed by atoms with Gasteiger partial charge in [0.05, 0.1) is 24.0 Å². The molecule has 0 atom stereocenters. The maximum atomic E-state index is 13.9. The molecule has 0 unspecified atom stereocenters. The Morgan fingerprint density at radius 1 is 1.11 bits per heavy atom. The Bertz CT molecular complexity index is 1420. The van der Waals surface area contributed by atoms with Gasteiger partial charge >= 0.3 is 0 Å². The van der Waals surface area contributed by atoms with Crippen molar-refractivity contribution in [2.24, 2.45) is 7.05 Å². The van der Waals surface area contributed by atoms with E-state index in [4.69, 9.17) is 16.3 Å². The zero-order chi connectivity index (χ0) is 26.3. The van der Waals surface area contributed by atoms with Crippen LogP contribution >= 0.6 is 11.6 Å². The van der Waals surface area contributed by atoms with Gasteiger partial charge < -0.3 is 19.1 Å². The fourth-order valence-corrected chi connectivity index (χ4v) is 6.09. The Morgan fingerprint density at radius 3 is 2.41 bits per heavy atom. The van der Waals surface area contributed by atoms with Crippen molar-refractivity contribution >= 4 is 34.0 Å². The minimum absolute atomic E-state index is 0.0848. The van der Waals surface area contributed by atoms with Crippen LogP contribution in [0.1, 0.15) is 50.5 Å². The van der Waals surface area contributed by atoms with Crippen molar-refractivity contribution in [3.8, 4) is 11.8 Å². The van der Waals surface area contributed by atoms with Crippen molar-refractivity contribution in [1.82, 2.24) is 9.55 Å². The Balaban J connectivity index is 1.44. The number of nitrogens with zero attached hydrogens (tertiary/aromatic N) is 5. The first-order chi connectivity index (χ1) is 17.8. The van der Waals surface area contributed by atoms with Crippen LogP contribution in [0.2, 0.25) is 5.15 Å². The predicted octanol–water partition coefficient (Wildman–Crippen LogP) is 5.41. The lowest BCUT2D eigenvalue weighted by atomic mass is 9.84. The normalized spacial score (nSPS) is 19.8. The van der Waals surface area contributed by atoms with Crippen LogP contribution in [0.25, 0.3) is 11.0 Å². The number of anilines is 2. The van der Waals surface area contributed by atoms with Gasteiger partial charge in [0.2, 0.25) is 0 Å². The molecule has 37 heavy (non-hydrogen) atoms. The van der Waals surface area contributed by atoms with Gasteiger partial charge in [-0.05, 0) is 69.2 Å². The lowest BCUT2D eigenvalue weighted by Crippen LogP contribution is -2.50. The highest BCUT2D eigenvalue weighted by Gasteiger charge is 2.36. The maximum absolute atomic E-state index is 13.9. The molecular formula is C28H31ClFN5O2. The van der Waals surface area contributed by atoms with Crippen LogP contribution in [0, 0.1) is 17.1 Å². The second kappa shape index (κ2) is 10.2. The Labute approximate surface area is 221 Å². The number of pyridine rings is 2. The molecule has 0 aliphatic heterocycles. The Kier molecular flexibility index (Phi) is 7.00. The van der Waals surface area contributed by atoms with Crippen molar-refractivity contribution in [1.29, 1.82) is 5.26 Å². The molecule has 7 nitrogen and oxygen atoms in total. The fourth-order valence-electron chi connectivity index (χ4n) is 5.94. The SMILES string of the molecule is COc1cc(F)ccc1N(C1CCC1)C1CCC(N(C)c2c(C#N)c(=O)n(C)c3ccc(Cl)nc23)CC1. The summed E-state index contributed by atoms with van der Waals surface area (Å²) in [7, 11) is 5.18. The van der Waals surface area contributed by atoms with E-state index in [1.165, 1.54) is 23.1 Å². The first kappa shape index (κ1) is 25.3. The van der Waals surface area contributed by atoms with Crippen molar-refractivity contribution < 1.29 is 9.13 Å². The fraction of sp³-hybridized carbons (Fsp3) is 0.464. The van der Waals surface area contributed by atoms with E-state index in [2.05, 4.69) is 16.0 Å². The third kappa shape index (κ3) is 4.50. The lowest BCUT2D eigenvalue weighted by Gasteiger charge is -2.48. The highest BCUT2D eigenvalue weighted by Crippen LogP contribution is 2.41. The molecule has 2 aliphatic carbocycles. The number of hydrogen-bond donors (Lipinski definition) is 0.